The lowest BCUT2D eigenvalue weighted by atomic mass is 9.60. The van der Waals surface area contributed by atoms with Gasteiger partial charge in [-0.15, -0.1) is 0 Å². The lowest BCUT2D eigenvalue weighted by Gasteiger charge is -2.47. The number of hydrogen-bond acceptors (Lipinski definition) is 3. The number of aliphatic hydroxyl groups is 2. The molecule has 0 spiro atoms. The van der Waals surface area contributed by atoms with Crippen LogP contribution in [0.25, 0.3) is 0 Å². The van der Waals surface area contributed by atoms with Gasteiger partial charge in [0.2, 0.25) is 0 Å². The van der Waals surface area contributed by atoms with Crippen molar-refractivity contribution in [3.8, 4) is 0 Å². The molecule has 1 saturated carbocycles. The molecule has 2 aromatic rings. The summed E-state index contributed by atoms with van der Waals surface area (Å²) in [5.74, 6) is 0. The molecule has 128 valence electrons. The van der Waals surface area contributed by atoms with Crippen LogP contribution in [-0.2, 0) is 11.6 Å². The topological polar surface area (TPSA) is 53.4 Å². The molecule has 1 aromatic carbocycles. The normalized spacial score (nSPS) is 25.1. The SMILES string of the molecule is OC1CC(CC(O)c2ccccn2)(c2ccc(C(F)(F)F)cc2)C1. The van der Waals surface area contributed by atoms with Crippen molar-refractivity contribution < 1.29 is 23.4 Å². The Labute approximate surface area is 137 Å². The molecule has 1 unspecified atom stereocenters. The van der Waals surface area contributed by atoms with Gasteiger partial charge in [0.25, 0.3) is 0 Å². The summed E-state index contributed by atoms with van der Waals surface area (Å²) in [5.41, 5.74) is -0.00646. The zero-order valence-corrected chi connectivity index (χ0v) is 12.9. The van der Waals surface area contributed by atoms with Crippen LogP contribution in [0.4, 0.5) is 13.2 Å². The van der Waals surface area contributed by atoms with Gasteiger partial charge in [-0.25, -0.2) is 0 Å². The van der Waals surface area contributed by atoms with Gasteiger partial charge in [0.15, 0.2) is 0 Å². The Morgan fingerprint density at radius 3 is 2.29 bits per heavy atom. The highest BCUT2D eigenvalue weighted by Gasteiger charge is 2.46. The molecule has 1 aromatic heterocycles. The van der Waals surface area contributed by atoms with Crippen LogP contribution >= 0.6 is 0 Å². The van der Waals surface area contributed by atoms with Gasteiger partial charge in [-0.2, -0.15) is 13.2 Å². The molecule has 1 aliphatic rings. The maximum absolute atomic E-state index is 12.7. The van der Waals surface area contributed by atoms with Gasteiger partial charge < -0.3 is 10.2 Å². The molecule has 0 radical (unpaired) electrons. The zero-order chi connectivity index (χ0) is 17.4. The van der Waals surface area contributed by atoms with Gasteiger partial charge in [-0.05, 0) is 49.1 Å². The van der Waals surface area contributed by atoms with E-state index in [0.717, 1.165) is 12.1 Å². The van der Waals surface area contributed by atoms with Gasteiger partial charge in [0, 0.05) is 11.6 Å². The summed E-state index contributed by atoms with van der Waals surface area (Å²) in [5, 5.41) is 20.2. The monoisotopic (exact) mass is 337 g/mol. The molecule has 1 atom stereocenters. The summed E-state index contributed by atoms with van der Waals surface area (Å²) in [4.78, 5) is 4.12. The fourth-order valence-corrected chi connectivity index (χ4v) is 3.42. The fraction of sp³-hybridized carbons (Fsp3) is 0.389. The number of rotatable bonds is 4. The summed E-state index contributed by atoms with van der Waals surface area (Å²) >= 11 is 0. The van der Waals surface area contributed by atoms with Crippen molar-refractivity contribution in [2.24, 2.45) is 0 Å². The third kappa shape index (κ3) is 3.30. The largest absolute Gasteiger partial charge is 0.416 e. The fourth-order valence-electron chi connectivity index (χ4n) is 3.42. The van der Waals surface area contributed by atoms with E-state index in [4.69, 9.17) is 0 Å². The molecule has 1 fully saturated rings. The predicted octanol–water partition coefficient (Wildman–Crippen LogP) is 3.62. The van der Waals surface area contributed by atoms with Gasteiger partial charge >= 0.3 is 6.18 Å². The first-order valence-corrected chi connectivity index (χ1v) is 7.75. The molecule has 24 heavy (non-hydrogen) atoms. The standard InChI is InChI=1S/C18H18F3NO2/c19-18(20,21)13-6-4-12(5-7-13)17(9-14(23)10-17)11-16(24)15-3-1-2-8-22-15/h1-8,14,16,23-24H,9-11H2. The predicted molar refractivity (Wildman–Crippen MR) is 82.2 cm³/mol. The minimum Gasteiger partial charge on any atom is -0.393 e. The van der Waals surface area contributed by atoms with E-state index < -0.39 is 29.4 Å². The summed E-state index contributed by atoms with van der Waals surface area (Å²) < 4.78 is 38.2. The number of aliphatic hydroxyl groups excluding tert-OH is 2. The van der Waals surface area contributed by atoms with Gasteiger partial charge in [-0.3, -0.25) is 4.98 Å². The number of nitrogens with zero attached hydrogens (tertiary/aromatic N) is 1. The molecule has 3 nitrogen and oxygen atoms in total. The molecule has 0 amide bonds. The number of aromatic nitrogens is 1. The van der Waals surface area contributed by atoms with Crippen LogP contribution in [0.1, 0.15) is 42.2 Å². The molecule has 1 heterocycles. The summed E-state index contributed by atoms with van der Waals surface area (Å²) in [6.07, 6.45) is -2.97. The van der Waals surface area contributed by atoms with Crippen molar-refractivity contribution in [1.82, 2.24) is 4.98 Å². The van der Waals surface area contributed by atoms with Crippen LogP contribution in [0.15, 0.2) is 48.7 Å². The van der Waals surface area contributed by atoms with Crippen molar-refractivity contribution in [1.29, 1.82) is 0 Å². The molecule has 2 N–H and O–H groups in total. The highest BCUT2D eigenvalue weighted by molar-refractivity contribution is 5.34. The van der Waals surface area contributed by atoms with Crippen LogP contribution in [0, 0.1) is 0 Å². The smallest absolute Gasteiger partial charge is 0.393 e. The van der Waals surface area contributed by atoms with E-state index in [1.165, 1.54) is 12.1 Å². The van der Waals surface area contributed by atoms with Crippen LogP contribution in [-0.4, -0.2) is 21.3 Å². The first-order chi connectivity index (χ1) is 11.3. The number of alkyl halides is 3. The number of pyridine rings is 1. The van der Waals surface area contributed by atoms with Crippen LogP contribution in [0.2, 0.25) is 0 Å². The molecule has 3 rings (SSSR count). The van der Waals surface area contributed by atoms with Crippen molar-refractivity contribution in [2.45, 2.75) is 43.1 Å². The Balaban J connectivity index is 1.84. The highest BCUT2D eigenvalue weighted by Crippen LogP contribution is 2.49. The minimum atomic E-state index is -4.38. The molecule has 0 bridgehead atoms. The van der Waals surface area contributed by atoms with E-state index in [9.17, 15) is 23.4 Å². The van der Waals surface area contributed by atoms with Crippen LogP contribution in [0.3, 0.4) is 0 Å². The second-order valence-corrected chi connectivity index (χ2v) is 6.39. The van der Waals surface area contributed by atoms with Crippen molar-refractivity contribution in [2.75, 3.05) is 0 Å². The van der Waals surface area contributed by atoms with Crippen molar-refractivity contribution in [3.63, 3.8) is 0 Å². The Morgan fingerprint density at radius 1 is 1.12 bits per heavy atom. The molecular formula is C18H18F3NO2. The Kier molecular flexibility index (Phi) is 4.36. The van der Waals surface area contributed by atoms with Crippen molar-refractivity contribution in [3.05, 3.63) is 65.5 Å². The lowest BCUT2D eigenvalue weighted by molar-refractivity contribution is -0.137. The van der Waals surface area contributed by atoms with E-state index >= 15 is 0 Å². The highest BCUT2D eigenvalue weighted by atomic mass is 19.4. The third-order valence-corrected chi connectivity index (χ3v) is 4.69. The number of halogens is 3. The number of hydrogen-bond donors (Lipinski definition) is 2. The van der Waals surface area contributed by atoms with Gasteiger partial charge in [0.05, 0.1) is 23.5 Å². The summed E-state index contributed by atoms with van der Waals surface area (Å²) in [6, 6.07) is 10.2. The average molecular weight is 337 g/mol. The van der Waals surface area contributed by atoms with E-state index in [0.29, 0.717) is 30.5 Å². The molecule has 6 heteroatoms. The molecular weight excluding hydrogens is 319 g/mol. The maximum Gasteiger partial charge on any atom is 0.416 e. The third-order valence-electron chi connectivity index (χ3n) is 4.69. The van der Waals surface area contributed by atoms with Gasteiger partial charge in [0.1, 0.15) is 0 Å². The minimum absolute atomic E-state index is 0.312. The quantitative estimate of drug-likeness (QED) is 0.896. The van der Waals surface area contributed by atoms with Crippen molar-refractivity contribution >= 4 is 0 Å². The Hall–Kier alpha value is -1.92. The molecule has 0 aliphatic heterocycles. The molecule has 0 saturated heterocycles. The first kappa shape index (κ1) is 16.9. The zero-order valence-electron chi connectivity index (χ0n) is 12.9. The van der Waals surface area contributed by atoms with Crippen LogP contribution < -0.4 is 0 Å². The van der Waals surface area contributed by atoms with E-state index in [-0.39, 0.29) is 0 Å². The maximum atomic E-state index is 12.7. The van der Waals surface area contributed by atoms with E-state index in [1.807, 2.05) is 0 Å². The van der Waals surface area contributed by atoms with E-state index in [1.54, 1.807) is 24.4 Å². The molecule has 1 aliphatic carbocycles. The summed E-state index contributed by atoms with van der Waals surface area (Å²) in [7, 11) is 0. The second-order valence-electron chi connectivity index (χ2n) is 6.39. The van der Waals surface area contributed by atoms with Gasteiger partial charge in [-0.1, -0.05) is 18.2 Å². The Morgan fingerprint density at radius 2 is 1.79 bits per heavy atom. The average Bonchev–Trinajstić information content (AvgIpc) is 2.53. The first-order valence-electron chi connectivity index (χ1n) is 7.75. The Bertz CT molecular complexity index is 680. The van der Waals surface area contributed by atoms with E-state index in [2.05, 4.69) is 4.98 Å². The lowest BCUT2D eigenvalue weighted by Crippen LogP contribution is -2.45. The second kappa shape index (κ2) is 6.18. The summed E-state index contributed by atoms with van der Waals surface area (Å²) in [6.45, 7) is 0. The van der Waals surface area contributed by atoms with Crippen LogP contribution in [0.5, 0.6) is 0 Å². The number of benzene rings is 1.